The number of halogens is 1. The van der Waals surface area contributed by atoms with E-state index in [1.165, 1.54) is 63.7 Å². The summed E-state index contributed by atoms with van der Waals surface area (Å²) in [6, 6.07) is 151. The molecule has 0 aliphatic heterocycles. The first-order chi connectivity index (χ1) is 54.4. The third-order valence-corrected chi connectivity index (χ3v) is 26.5. The van der Waals surface area contributed by atoms with E-state index in [4.69, 9.17) is 37.5 Å². The Morgan fingerprint density at radius 1 is 0.234 bits per heavy atom. The molecule has 557 valence electrons. The molecule has 0 saturated carbocycles. The van der Waals surface area contributed by atoms with Gasteiger partial charge in [0, 0.05) is 32.6 Å². The Bertz CT molecular complexity index is 4260. The van der Waals surface area contributed by atoms with Gasteiger partial charge < -0.3 is 37.5 Å². The van der Waals surface area contributed by atoms with Gasteiger partial charge in [-0.2, -0.15) is 0 Å². The summed E-state index contributed by atoms with van der Waals surface area (Å²) < 4.78 is 35.7. The van der Waals surface area contributed by atoms with Crippen LogP contribution >= 0.6 is 47.6 Å². The van der Waals surface area contributed by atoms with Crippen molar-refractivity contribution in [3.63, 3.8) is 0 Å². The summed E-state index contributed by atoms with van der Waals surface area (Å²) in [6.45, 7) is 0. The average molecular weight is 1690 g/mol. The van der Waals surface area contributed by atoms with Gasteiger partial charge in [-0.1, -0.05) is 388 Å². The predicted octanol–water partition coefficient (Wildman–Crippen LogP) is 19.4. The number of benzene rings is 14. The van der Waals surface area contributed by atoms with Crippen molar-refractivity contribution in [2.24, 2.45) is 0 Å². The van der Waals surface area contributed by atoms with E-state index in [0.717, 1.165) is 17.1 Å². The van der Waals surface area contributed by atoms with Gasteiger partial charge in [-0.25, -0.2) is 0 Å². The van der Waals surface area contributed by atoms with Crippen LogP contribution in [0.3, 0.4) is 0 Å². The molecule has 1 N–H and O–H groups in total. The average Bonchev–Trinajstić information content (AvgIpc) is 1.65. The molecule has 1 radical (unpaired) electrons. The first-order valence-corrected chi connectivity index (χ1v) is 41.7. The normalized spacial score (nSPS) is 10.1. The minimum absolute atomic E-state index is 0. The summed E-state index contributed by atoms with van der Waals surface area (Å²) in [5, 5.41) is 25.1. The molecule has 0 bridgehead atoms. The second-order valence-electron chi connectivity index (χ2n) is 23.5. The molecule has 0 aliphatic rings. The molecule has 2 aromatic heterocycles. The largest absolute Gasteiger partial charge is 0.569 e. The second kappa shape index (κ2) is 48.2. The maximum atomic E-state index is 8.34. The van der Waals surface area contributed by atoms with E-state index in [9.17, 15) is 0 Å². The summed E-state index contributed by atoms with van der Waals surface area (Å²) in [4.78, 5) is 0. The SMILES string of the molecule is COc1ccc(-c2ccccc2OC)o1.COc1ccc(Br)o1.COc1ccccc1O[B]O.[Pd].c1ccc(P(c2ccccc2)c2ccccc2)cc1.c1ccc(P(c2ccccc2)c2ccccc2)cc1.c1ccc(P(c2ccccc2)c2ccccc2)cc1.c1ccc(P(c2ccccc2)c2ccccc2)cc1. The Labute approximate surface area is 681 Å². The molecule has 0 atom stereocenters. The monoisotopic (exact) mass is 1690 g/mol. The summed E-state index contributed by atoms with van der Waals surface area (Å²) in [7, 11) is 5.15. The van der Waals surface area contributed by atoms with E-state index in [1.54, 1.807) is 64.8 Å². The van der Waals surface area contributed by atoms with Crippen molar-refractivity contribution in [1.29, 1.82) is 0 Å². The third kappa shape index (κ3) is 26.6. The van der Waals surface area contributed by atoms with Crippen LogP contribution in [-0.2, 0) is 20.4 Å². The number of furan rings is 2. The van der Waals surface area contributed by atoms with E-state index in [-0.39, 0.29) is 20.4 Å². The Morgan fingerprint density at radius 3 is 0.640 bits per heavy atom. The fourth-order valence-electron chi connectivity index (χ4n) is 11.3. The fraction of sp³-hybridized carbons (Fsp3) is 0.0417. The first-order valence-electron chi connectivity index (χ1n) is 35.5. The van der Waals surface area contributed by atoms with Crippen molar-refractivity contribution in [3.8, 4) is 40.5 Å². The number of hydrogen-bond acceptors (Lipinski definition) is 8. The number of hydrogen-bond donors (Lipinski definition) is 1. The van der Waals surface area contributed by atoms with Gasteiger partial charge in [0.1, 0.15) is 17.3 Å². The summed E-state index contributed by atoms with van der Waals surface area (Å²) in [6.07, 6.45) is 0. The standard InChI is InChI=1S/4C18H15P.C12H12O3.C7H8BO3.C5H5BrO2.Pd/c4*1-4-10-16(11-5-1)19(17-12-6-2-7-13-17)18-14-8-3-9-15-18;1-13-10-6-4-3-5-9(10)11-7-8-12(14-2)15-11;1-10-6-4-2-3-5-7(6)11-8-9;1-7-5-3-2-4(6)8-5;/h4*1-15H;3-8H,1-2H3;2-5,9H,1H3;2-3H,1H3;. The molecule has 0 spiro atoms. The molecule has 2 heterocycles. The van der Waals surface area contributed by atoms with Gasteiger partial charge in [-0.05, 0) is 148 Å². The zero-order chi connectivity index (χ0) is 76.4. The quantitative estimate of drug-likeness (QED) is 0.0632. The Balaban J connectivity index is 0.000000151. The van der Waals surface area contributed by atoms with Crippen molar-refractivity contribution in [2.45, 2.75) is 0 Å². The van der Waals surface area contributed by atoms with Crippen LogP contribution in [0.2, 0.25) is 0 Å². The molecule has 0 unspecified atom stereocenters. The van der Waals surface area contributed by atoms with E-state index in [1.807, 2.05) is 36.4 Å². The van der Waals surface area contributed by atoms with Crippen molar-refractivity contribution >= 4 is 119 Å². The minimum atomic E-state index is -0.446. The molecule has 14 aromatic carbocycles. The van der Waals surface area contributed by atoms with Gasteiger partial charge in [-0.15, -0.1) is 0 Å². The molecule has 16 aromatic rings. The smallest absolute Gasteiger partial charge is 0.535 e. The molecule has 0 fully saturated rings. The molecule has 0 saturated heterocycles. The Morgan fingerprint density at radius 2 is 0.441 bits per heavy atom. The van der Waals surface area contributed by atoms with Crippen LogP contribution in [0.4, 0.5) is 0 Å². The van der Waals surface area contributed by atoms with Crippen molar-refractivity contribution < 1.29 is 57.9 Å². The minimum Gasteiger partial charge on any atom is -0.535 e. The van der Waals surface area contributed by atoms with Crippen molar-refractivity contribution in [1.82, 2.24) is 0 Å². The zero-order valence-corrected chi connectivity index (χ0v) is 68.7. The summed E-state index contributed by atoms with van der Waals surface area (Å²) in [5.41, 5.74) is 0.920. The summed E-state index contributed by atoms with van der Waals surface area (Å²) in [5.74, 6) is 3.64. The molecule has 0 aliphatic carbocycles. The molecular weight excluding hydrogens is 1600 g/mol. The number of rotatable bonds is 19. The topological polar surface area (TPSA) is 92.7 Å². The second-order valence-corrected chi connectivity index (χ2v) is 33.2. The van der Waals surface area contributed by atoms with E-state index >= 15 is 0 Å². The van der Waals surface area contributed by atoms with Crippen LogP contribution in [0.5, 0.6) is 29.1 Å². The molecule has 0 amide bonds. The fourth-order valence-corrected chi connectivity index (χ4v) is 20.8. The van der Waals surface area contributed by atoms with E-state index < -0.39 is 31.7 Å². The van der Waals surface area contributed by atoms with Crippen molar-refractivity contribution in [2.75, 3.05) is 28.4 Å². The Kier molecular flexibility index (Phi) is 36.7. The van der Waals surface area contributed by atoms with E-state index in [0.29, 0.717) is 35.7 Å². The van der Waals surface area contributed by atoms with Gasteiger partial charge in [0.2, 0.25) is 0 Å². The van der Waals surface area contributed by atoms with Gasteiger partial charge in [-0.3, -0.25) is 0 Å². The molecule has 16 rings (SSSR count). The van der Waals surface area contributed by atoms with Crippen LogP contribution < -0.4 is 87.3 Å². The number of para-hydroxylation sites is 3. The van der Waals surface area contributed by atoms with Crippen LogP contribution in [-0.4, -0.2) is 41.1 Å². The molecular formula is C96H85BBrO8P4Pd. The first kappa shape index (κ1) is 84.5. The predicted molar refractivity (Wildman–Crippen MR) is 472 cm³/mol. The maximum absolute atomic E-state index is 8.34. The number of methoxy groups -OCH3 is 4. The maximum Gasteiger partial charge on any atom is 0.569 e. The van der Waals surface area contributed by atoms with Gasteiger partial charge in [0.25, 0.3) is 11.9 Å². The van der Waals surface area contributed by atoms with Crippen LogP contribution in [0.1, 0.15) is 0 Å². The molecule has 8 nitrogen and oxygen atoms in total. The van der Waals surface area contributed by atoms with Gasteiger partial charge >= 0.3 is 7.69 Å². The van der Waals surface area contributed by atoms with Gasteiger partial charge in [0.15, 0.2) is 10.4 Å². The third-order valence-electron chi connectivity index (χ3n) is 16.3. The van der Waals surface area contributed by atoms with Crippen LogP contribution in [0, 0.1) is 0 Å². The zero-order valence-electron chi connectivity index (χ0n) is 61.9. The summed E-state index contributed by atoms with van der Waals surface area (Å²) >= 11 is 3.13. The van der Waals surface area contributed by atoms with Crippen LogP contribution in [0.25, 0.3) is 11.3 Å². The Hall–Kier alpha value is -10.5. The van der Waals surface area contributed by atoms with Gasteiger partial charge in [0.05, 0.1) is 34.0 Å². The van der Waals surface area contributed by atoms with E-state index in [2.05, 4.69) is 380 Å². The molecule has 15 heteroatoms. The molecule has 111 heavy (non-hydrogen) atoms. The van der Waals surface area contributed by atoms with Crippen LogP contribution in [0.15, 0.2) is 450 Å². The van der Waals surface area contributed by atoms with Crippen molar-refractivity contribution in [3.05, 3.63) is 441 Å². The number of ether oxygens (including phenoxy) is 4.